The summed E-state index contributed by atoms with van der Waals surface area (Å²) in [5.41, 5.74) is 5.77. The van der Waals surface area contributed by atoms with Gasteiger partial charge in [0.05, 0.1) is 16.7 Å². The zero-order chi connectivity index (χ0) is 10.8. The molecule has 6 heteroatoms. The number of rotatable bonds is 3. The van der Waals surface area contributed by atoms with Gasteiger partial charge in [0, 0.05) is 27.5 Å². The summed E-state index contributed by atoms with van der Waals surface area (Å²) in [6, 6.07) is 2.20. The minimum atomic E-state index is 0.118. The van der Waals surface area contributed by atoms with Crippen molar-refractivity contribution in [1.82, 2.24) is 9.78 Å². The molecule has 0 aliphatic carbocycles. The topological polar surface area (TPSA) is 43.8 Å². The van der Waals surface area contributed by atoms with Crippen LogP contribution < -0.4 is 5.73 Å². The highest BCUT2D eigenvalue weighted by atomic mass is 79.9. The Bertz CT molecular complexity index is 411. The summed E-state index contributed by atoms with van der Waals surface area (Å²) in [7, 11) is 0. The van der Waals surface area contributed by atoms with Gasteiger partial charge in [-0.3, -0.25) is 4.68 Å². The molecule has 0 amide bonds. The Hall–Kier alpha value is -0.170. The summed E-state index contributed by atoms with van der Waals surface area (Å²) >= 11 is 8.50. The molecule has 15 heavy (non-hydrogen) atoms. The van der Waals surface area contributed by atoms with Crippen LogP contribution in [0.15, 0.2) is 32.8 Å². The minimum Gasteiger partial charge on any atom is -0.328 e. The van der Waals surface area contributed by atoms with E-state index < -0.39 is 0 Å². The average molecular weight is 351 g/mol. The van der Waals surface area contributed by atoms with Gasteiger partial charge in [0.25, 0.3) is 0 Å². The summed E-state index contributed by atoms with van der Waals surface area (Å²) < 4.78 is 3.94. The molecular weight excluding hydrogens is 342 g/mol. The Morgan fingerprint density at radius 1 is 1.47 bits per heavy atom. The molecule has 0 saturated carbocycles. The maximum Gasteiger partial charge on any atom is 0.0983 e. The van der Waals surface area contributed by atoms with Gasteiger partial charge in [-0.2, -0.15) is 5.10 Å². The number of halogens is 2. The van der Waals surface area contributed by atoms with E-state index in [4.69, 9.17) is 5.73 Å². The van der Waals surface area contributed by atoms with Crippen molar-refractivity contribution in [2.45, 2.75) is 6.04 Å². The lowest BCUT2D eigenvalue weighted by Crippen LogP contribution is -2.19. The van der Waals surface area contributed by atoms with E-state index in [0.717, 1.165) is 8.95 Å². The van der Waals surface area contributed by atoms with Gasteiger partial charge in [0.2, 0.25) is 0 Å². The molecule has 2 heterocycles. The Morgan fingerprint density at radius 3 is 2.73 bits per heavy atom. The maximum absolute atomic E-state index is 5.77. The molecule has 0 bridgehead atoms. The van der Waals surface area contributed by atoms with Crippen molar-refractivity contribution in [2.24, 2.45) is 5.73 Å². The largest absolute Gasteiger partial charge is 0.328 e. The van der Waals surface area contributed by atoms with E-state index in [2.05, 4.69) is 48.4 Å². The Morgan fingerprint density at radius 2 is 2.27 bits per heavy atom. The third-order valence-corrected chi connectivity index (χ3v) is 4.23. The molecule has 3 nitrogen and oxygen atoms in total. The van der Waals surface area contributed by atoms with E-state index in [1.165, 1.54) is 4.88 Å². The molecular formula is C9H9Br2N3S. The Balaban J connectivity index is 2.32. The van der Waals surface area contributed by atoms with E-state index in [9.17, 15) is 0 Å². The van der Waals surface area contributed by atoms with E-state index in [0.29, 0.717) is 6.54 Å². The van der Waals surface area contributed by atoms with Crippen LogP contribution in [0.2, 0.25) is 0 Å². The number of hydrogen-bond donors (Lipinski definition) is 1. The van der Waals surface area contributed by atoms with Crippen LogP contribution in [0.1, 0.15) is 10.9 Å². The van der Waals surface area contributed by atoms with Crippen LogP contribution in [-0.4, -0.2) is 16.3 Å². The molecule has 1 atom stereocenters. The van der Waals surface area contributed by atoms with Gasteiger partial charge in [0.15, 0.2) is 0 Å². The van der Waals surface area contributed by atoms with Crippen molar-refractivity contribution < 1.29 is 0 Å². The first-order valence-electron chi connectivity index (χ1n) is 4.34. The minimum absolute atomic E-state index is 0.118. The van der Waals surface area contributed by atoms with Crippen molar-refractivity contribution in [3.63, 3.8) is 0 Å². The number of thiophene rings is 1. The van der Waals surface area contributed by atoms with E-state index >= 15 is 0 Å². The highest BCUT2D eigenvalue weighted by Crippen LogP contribution is 2.27. The molecule has 2 rings (SSSR count). The maximum atomic E-state index is 5.77. The first kappa shape index (κ1) is 11.3. The predicted octanol–water partition coefficient (Wildman–Crippen LogP) is 3.02. The van der Waals surface area contributed by atoms with Crippen molar-refractivity contribution in [3.8, 4) is 0 Å². The van der Waals surface area contributed by atoms with Crippen LogP contribution in [0.3, 0.4) is 0 Å². The van der Waals surface area contributed by atoms with Crippen LogP contribution in [0, 0.1) is 0 Å². The van der Waals surface area contributed by atoms with E-state index in [-0.39, 0.29) is 6.04 Å². The zero-order valence-corrected chi connectivity index (χ0v) is 11.7. The smallest absolute Gasteiger partial charge is 0.0983 e. The van der Waals surface area contributed by atoms with Crippen molar-refractivity contribution in [3.05, 3.63) is 37.7 Å². The molecule has 0 aliphatic rings. The van der Waals surface area contributed by atoms with Gasteiger partial charge in [0.1, 0.15) is 0 Å². The zero-order valence-electron chi connectivity index (χ0n) is 7.73. The second-order valence-electron chi connectivity index (χ2n) is 3.06. The fourth-order valence-corrected chi connectivity index (χ4v) is 3.20. The van der Waals surface area contributed by atoms with Crippen molar-refractivity contribution >= 4 is 43.2 Å². The number of hydrogen-bond acceptors (Lipinski definition) is 3. The monoisotopic (exact) mass is 349 g/mol. The summed E-state index contributed by atoms with van der Waals surface area (Å²) in [5.74, 6) is 0. The lowest BCUT2D eigenvalue weighted by molar-refractivity contribution is 0.539. The standard InChI is InChI=1S/C9H9Br2N3S/c10-6-1-9(15-5-6)8(2-12)14-4-7(11)3-13-14/h1,3-5,8H,2,12H2. The highest BCUT2D eigenvalue weighted by Gasteiger charge is 2.14. The molecule has 2 aromatic rings. The highest BCUT2D eigenvalue weighted by molar-refractivity contribution is 9.10. The molecule has 0 aliphatic heterocycles. The van der Waals surface area contributed by atoms with Gasteiger partial charge in [-0.05, 0) is 37.9 Å². The molecule has 0 radical (unpaired) electrons. The van der Waals surface area contributed by atoms with Crippen LogP contribution in [0.4, 0.5) is 0 Å². The summed E-state index contributed by atoms with van der Waals surface area (Å²) in [6.07, 6.45) is 3.70. The van der Waals surface area contributed by atoms with Crippen LogP contribution in [0.5, 0.6) is 0 Å². The fourth-order valence-electron chi connectivity index (χ4n) is 1.34. The van der Waals surface area contributed by atoms with Gasteiger partial charge >= 0.3 is 0 Å². The molecule has 80 valence electrons. The fraction of sp³-hybridized carbons (Fsp3) is 0.222. The molecule has 0 saturated heterocycles. The third-order valence-electron chi connectivity index (χ3n) is 2.03. The molecule has 0 fully saturated rings. The summed E-state index contributed by atoms with van der Waals surface area (Å²) in [4.78, 5) is 1.21. The van der Waals surface area contributed by atoms with Crippen molar-refractivity contribution in [1.29, 1.82) is 0 Å². The van der Waals surface area contributed by atoms with Crippen LogP contribution in [0.25, 0.3) is 0 Å². The summed E-state index contributed by atoms with van der Waals surface area (Å²) in [6.45, 7) is 0.543. The number of aromatic nitrogens is 2. The normalized spacial score (nSPS) is 13.0. The molecule has 2 aromatic heterocycles. The second kappa shape index (κ2) is 4.78. The molecule has 1 unspecified atom stereocenters. The van der Waals surface area contributed by atoms with Gasteiger partial charge in [-0.15, -0.1) is 11.3 Å². The van der Waals surface area contributed by atoms with E-state index in [1.807, 2.05) is 10.9 Å². The Kier molecular flexibility index (Phi) is 3.60. The van der Waals surface area contributed by atoms with Gasteiger partial charge in [-0.1, -0.05) is 0 Å². The number of nitrogens with two attached hydrogens (primary N) is 1. The molecule has 2 N–H and O–H groups in total. The third kappa shape index (κ3) is 2.50. The van der Waals surface area contributed by atoms with Crippen LogP contribution >= 0.6 is 43.2 Å². The predicted molar refractivity (Wildman–Crippen MR) is 69.1 cm³/mol. The molecule has 0 spiro atoms. The molecule has 0 aromatic carbocycles. The summed E-state index contributed by atoms with van der Waals surface area (Å²) in [5, 5.41) is 6.31. The average Bonchev–Trinajstić information content (AvgIpc) is 2.78. The quantitative estimate of drug-likeness (QED) is 0.924. The first-order valence-corrected chi connectivity index (χ1v) is 6.81. The van der Waals surface area contributed by atoms with Crippen LogP contribution in [-0.2, 0) is 0 Å². The van der Waals surface area contributed by atoms with E-state index in [1.54, 1.807) is 17.5 Å². The van der Waals surface area contributed by atoms with Crippen molar-refractivity contribution in [2.75, 3.05) is 6.54 Å². The van der Waals surface area contributed by atoms with Gasteiger partial charge in [-0.25, -0.2) is 0 Å². The van der Waals surface area contributed by atoms with Gasteiger partial charge < -0.3 is 5.73 Å². The Labute approximate surface area is 109 Å². The second-order valence-corrected chi connectivity index (χ2v) is 5.83. The number of nitrogens with zero attached hydrogens (tertiary/aromatic N) is 2. The lowest BCUT2D eigenvalue weighted by atomic mass is 10.2. The lowest BCUT2D eigenvalue weighted by Gasteiger charge is -2.12. The first-order chi connectivity index (χ1) is 7.20. The SMILES string of the molecule is NCC(c1cc(Br)cs1)n1cc(Br)cn1.